The predicted molar refractivity (Wildman–Crippen MR) is 52.5 cm³/mol. The van der Waals surface area contributed by atoms with Crippen LogP contribution < -0.4 is 0 Å². The zero-order valence-electron chi connectivity index (χ0n) is 7.53. The van der Waals surface area contributed by atoms with Crippen LogP contribution in [0.1, 0.15) is 18.1 Å². The summed E-state index contributed by atoms with van der Waals surface area (Å²) in [7, 11) is 1.95. The lowest BCUT2D eigenvalue weighted by molar-refractivity contribution is -0.128. The van der Waals surface area contributed by atoms with Crippen LogP contribution in [0.25, 0.3) is 0 Å². The Labute approximate surface area is 83.0 Å². The number of halogens is 1. The Hall–Kier alpha value is -0.570. The van der Waals surface area contributed by atoms with Crippen molar-refractivity contribution in [3.8, 4) is 0 Å². The van der Waals surface area contributed by atoms with Gasteiger partial charge in [0.1, 0.15) is 6.10 Å². The highest BCUT2D eigenvalue weighted by Crippen LogP contribution is 2.28. The van der Waals surface area contributed by atoms with E-state index in [4.69, 9.17) is 16.4 Å². The number of hydroxylamine groups is 2. The summed E-state index contributed by atoms with van der Waals surface area (Å²) in [5.41, 5.74) is 1.16. The summed E-state index contributed by atoms with van der Waals surface area (Å²) in [6, 6.07) is 7.85. The minimum Gasteiger partial charge on any atom is -0.291 e. The van der Waals surface area contributed by atoms with E-state index < -0.39 is 0 Å². The summed E-state index contributed by atoms with van der Waals surface area (Å²) in [6.07, 6.45) is 1.22. The van der Waals surface area contributed by atoms with E-state index in [2.05, 4.69) is 6.07 Å². The fraction of sp³-hybridized carbons (Fsp3) is 0.400. The first-order valence-electron chi connectivity index (χ1n) is 4.39. The van der Waals surface area contributed by atoms with Gasteiger partial charge in [0, 0.05) is 18.6 Å². The summed E-state index contributed by atoms with van der Waals surface area (Å²) in [4.78, 5) is 5.58. The summed E-state index contributed by atoms with van der Waals surface area (Å²) < 4.78 is 0. The van der Waals surface area contributed by atoms with Crippen LogP contribution in [0.2, 0.25) is 5.02 Å². The molecule has 1 aliphatic heterocycles. The van der Waals surface area contributed by atoms with Crippen molar-refractivity contribution in [2.75, 3.05) is 13.6 Å². The van der Waals surface area contributed by atoms with Crippen LogP contribution in [0.4, 0.5) is 0 Å². The molecule has 1 heterocycles. The second-order valence-corrected chi connectivity index (χ2v) is 3.73. The molecule has 1 aromatic carbocycles. The van der Waals surface area contributed by atoms with E-state index in [9.17, 15) is 0 Å². The molecule has 0 spiro atoms. The number of nitrogens with zero attached hydrogens (tertiary/aromatic N) is 1. The van der Waals surface area contributed by atoms with Crippen LogP contribution in [0.5, 0.6) is 0 Å². The smallest absolute Gasteiger partial charge is 0.106 e. The second-order valence-electron chi connectivity index (χ2n) is 3.29. The highest BCUT2D eigenvalue weighted by atomic mass is 35.5. The molecule has 0 saturated carbocycles. The molecular weight excluding hydrogens is 186 g/mol. The Kier molecular flexibility index (Phi) is 2.54. The van der Waals surface area contributed by atoms with Crippen molar-refractivity contribution in [1.82, 2.24) is 5.06 Å². The van der Waals surface area contributed by atoms with Gasteiger partial charge < -0.3 is 0 Å². The molecule has 1 unspecified atom stereocenters. The minimum absolute atomic E-state index is 0.184. The van der Waals surface area contributed by atoms with Crippen LogP contribution in [-0.2, 0) is 4.84 Å². The zero-order valence-corrected chi connectivity index (χ0v) is 8.29. The van der Waals surface area contributed by atoms with E-state index in [1.54, 1.807) is 0 Å². The number of rotatable bonds is 1. The van der Waals surface area contributed by atoms with Gasteiger partial charge in [0.05, 0.1) is 0 Å². The molecule has 1 atom stereocenters. The first-order valence-corrected chi connectivity index (χ1v) is 4.77. The number of hydrogen-bond donors (Lipinski definition) is 0. The van der Waals surface area contributed by atoms with E-state index >= 15 is 0 Å². The van der Waals surface area contributed by atoms with Gasteiger partial charge in [-0.2, -0.15) is 5.06 Å². The molecule has 3 heteroatoms. The maximum absolute atomic E-state index is 5.89. The lowest BCUT2D eigenvalue weighted by Gasteiger charge is -2.11. The van der Waals surface area contributed by atoms with Crippen LogP contribution in [-0.4, -0.2) is 18.7 Å². The molecule has 2 nitrogen and oxygen atoms in total. The molecule has 0 bridgehead atoms. The highest BCUT2D eigenvalue weighted by Gasteiger charge is 2.21. The molecule has 1 saturated heterocycles. The number of benzene rings is 1. The fourth-order valence-corrected chi connectivity index (χ4v) is 1.75. The van der Waals surface area contributed by atoms with Crippen LogP contribution >= 0.6 is 11.6 Å². The van der Waals surface area contributed by atoms with Gasteiger partial charge in [-0.1, -0.05) is 23.7 Å². The average molecular weight is 198 g/mol. The molecule has 0 aliphatic carbocycles. The van der Waals surface area contributed by atoms with Crippen LogP contribution in [0, 0.1) is 0 Å². The third-order valence-electron chi connectivity index (χ3n) is 2.23. The van der Waals surface area contributed by atoms with Crippen molar-refractivity contribution < 1.29 is 4.84 Å². The Bertz CT molecular complexity index is 303. The summed E-state index contributed by atoms with van der Waals surface area (Å²) in [6.45, 7) is 0.983. The first kappa shape index (κ1) is 9.00. The van der Waals surface area contributed by atoms with Gasteiger partial charge in [-0.25, -0.2) is 0 Å². The van der Waals surface area contributed by atoms with Gasteiger partial charge in [0.2, 0.25) is 0 Å². The Morgan fingerprint density at radius 1 is 1.54 bits per heavy atom. The Balaban J connectivity index is 2.16. The number of hydrogen-bond acceptors (Lipinski definition) is 2. The van der Waals surface area contributed by atoms with Crippen molar-refractivity contribution in [2.45, 2.75) is 12.5 Å². The van der Waals surface area contributed by atoms with E-state index in [1.165, 1.54) is 0 Å². The quantitative estimate of drug-likeness (QED) is 0.687. The zero-order chi connectivity index (χ0) is 9.26. The average Bonchev–Trinajstić information content (AvgIpc) is 2.52. The second kappa shape index (κ2) is 3.66. The van der Waals surface area contributed by atoms with Gasteiger partial charge >= 0.3 is 0 Å². The predicted octanol–water partition coefficient (Wildman–Crippen LogP) is 2.65. The maximum atomic E-state index is 5.89. The van der Waals surface area contributed by atoms with Gasteiger partial charge in [0.25, 0.3) is 0 Å². The van der Waals surface area contributed by atoms with Crippen molar-refractivity contribution in [3.05, 3.63) is 34.9 Å². The largest absolute Gasteiger partial charge is 0.291 e. The van der Waals surface area contributed by atoms with Crippen molar-refractivity contribution in [2.24, 2.45) is 0 Å². The van der Waals surface area contributed by atoms with Gasteiger partial charge in [-0.15, -0.1) is 0 Å². The molecular formula is C10H12ClNO. The lowest BCUT2D eigenvalue weighted by Crippen LogP contribution is -2.10. The molecule has 0 amide bonds. The standard InChI is InChI=1S/C10H12ClNO/c1-12-6-5-10(13-12)8-3-2-4-9(11)7-8/h2-4,7,10H,5-6H2,1H3. The van der Waals surface area contributed by atoms with Crippen molar-refractivity contribution in [1.29, 1.82) is 0 Å². The van der Waals surface area contributed by atoms with E-state index in [-0.39, 0.29) is 6.10 Å². The van der Waals surface area contributed by atoms with Gasteiger partial charge in [-0.3, -0.25) is 4.84 Å². The first-order chi connectivity index (χ1) is 6.25. The molecule has 0 radical (unpaired) electrons. The summed E-state index contributed by atoms with van der Waals surface area (Å²) >= 11 is 5.89. The third-order valence-corrected chi connectivity index (χ3v) is 2.47. The van der Waals surface area contributed by atoms with Crippen molar-refractivity contribution >= 4 is 11.6 Å². The molecule has 13 heavy (non-hydrogen) atoms. The third kappa shape index (κ3) is 2.02. The lowest BCUT2D eigenvalue weighted by atomic mass is 10.1. The monoisotopic (exact) mass is 197 g/mol. The summed E-state index contributed by atoms with van der Waals surface area (Å²) in [5, 5.41) is 2.64. The molecule has 1 aliphatic rings. The van der Waals surface area contributed by atoms with Gasteiger partial charge in [-0.05, 0) is 24.1 Å². The fourth-order valence-electron chi connectivity index (χ4n) is 1.56. The maximum Gasteiger partial charge on any atom is 0.106 e. The van der Waals surface area contributed by atoms with E-state index in [0.717, 1.165) is 23.6 Å². The Morgan fingerprint density at radius 3 is 3.00 bits per heavy atom. The van der Waals surface area contributed by atoms with Crippen LogP contribution in [0.3, 0.4) is 0 Å². The Morgan fingerprint density at radius 2 is 2.38 bits per heavy atom. The molecule has 0 aromatic heterocycles. The molecule has 2 rings (SSSR count). The summed E-state index contributed by atoms with van der Waals surface area (Å²) in [5.74, 6) is 0. The molecule has 70 valence electrons. The van der Waals surface area contributed by atoms with E-state index in [0.29, 0.717) is 0 Å². The highest BCUT2D eigenvalue weighted by molar-refractivity contribution is 6.30. The topological polar surface area (TPSA) is 12.5 Å². The molecule has 1 fully saturated rings. The van der Waals surface area contributed by atoms with Crippen molar-refractivity contribution in [3.63, 3.8) is 0 Å². The molecule has 0 N–H and O–H groups in total. The molecule has 1 aromatic rings. The van der Waals surface area contributed by atoms with Crippen LogP contribution in [0.15, 0.2) is 24.3 Å². The van der Waals surface area contributed by atoms with E-state index in [1.807, 2.05) is 30.3 Å². The SMILES string of the molecule is CN1CCC(c2cccc(Cl)c2)O1. The minimum atomic E-state index is 0.184. The normalized spacial score (nSPS) is 23.7. The van der Waals surface area contributed by atoms with Gasteiger partial charge in [0.15, 0.2) is 0 Å².